The highest BCUT2D eigenvalue weighted by Gasteiger charge is 2.00. The van der Waals surface area contributed by atoms with Gasteiger partial charge in [-0.3, -0.25) is 9.78 Å². The highest BCUT2D eigenvalue weighted by molar-refractivity contribution is 5.95. The molecular formula is C11H10N2O. The second kappa shape index (κ2) is 3.46. The van der Waals surface area contributed by atoms with Crippen LogP contribution in [0.1, 0.15) is 5.69 Å². The molecule has 0 bridgehead atoms. The number of aromatic nitrogens is 1. The second-order valence-corrected chi connectivity index (χ2v) is 3.09. The van der Waals surface area contributed by atoms with Crippen LogP contribution >= 0.6 is 0 Å². The number of rotatable bonds is 2. The molecule has 0 aliphatic carbocycles. The minimum absolute atomic E-state index is 0.675. The van der Waals surface area contributed by atoms with E-state index in [1.165, 1.54) is 0 Å². The molecule has 1 N–H and O–H groups in total. The predicted octanol–water partition coefficient (Wildman–Crippen LogP) is 2.11. The molecule has 0 radical (unpaired) electrons. The van der Waals surface area contributed by atoms with Crippen LogP contribution in [0.3, 0.4) is 0 Å². The van der Waals surface area contributed by atoms with E-state index in [2.05, 4.69) is 10.3 Å². The Kier molecular flexibility index (Phi) is 2.14. The summed E-state index contributed by atoms with van der Waals surface area (Å²) in [5.74, 6) is 0. The maximum atomic E-state index is 10.4. The standard InChI is InChI=1S/C11H10N2O/c1-8-5-6-9-10(12-7-14)3-2-4-11(9)13-8/h2-7H,1H3,(H,12,14). The largest absolute Gasteiger partial charge is 0.328 e. The lowest BCUT2D eigenvalue weighted by molar-refractivity contribution is -0.105. The van der Waals surface area contributed by atoms with Gasteiger partial charge in [0.2, 0.25) is 6.41 Å². The molecule has 3 nitrogen and oxygen atoms in total. The van der Waals surface area contributed by atoms with Crippen molar-refractivity contribution in [2.45, 2.75) is 6.92 Å². The second-order valence-electron chi connectivity index (χ2n) is 3.09. The van der Waals surface area contributed by atoms with Crippen molar-refractivity contribution in [3.05, 3.63) is 36.0 Å². The Bertz CT molecular complexity index is 480. The van der Waals surface area contributed by atoms with E-state index in [4.69, 9.17) is 0 Å². The number of pyridine rings is 1. The van der Waals surface area contributed by atoms with Crippen molar-refractivity contribution in [1.82, 2.24) is 4.98 Å². The summed E-state index contributed by atoms with van der Waals surface area (Å²) < 4.78 is 0. The first-order chi connectivity index (χ1) is 6.81. The van der Waals surface area contributed by atoms with Gasteiger partial charge < -0.3 is 5.32 Å². The predicted molar refractivity (Wildman–Crippen MR) is 56.2 cm³/mol. The van der Waals surface area contributed by atoms with Crippen LogP contribution in [0.2, 0.25) is 0 Å². The number of carbonyl (C=O) groups is 1. The third-order valence-electron chi connectivity index (χ3n) is 2.09. The quantitative estimate of drug-likeness (QED) is 0.730. The van der Waals surface area contributed by atoms with E-state index in [1.54, 1.807) is 0 Å². The zero-order valence-electron chi connectivity index (χ0n) is 7.82. The van der Waals surface area contributed by atoms with Crippen LogP contribution in [0.25, 0.3) is 10.9 Å². The van der Waals surface area contributed by atoms with Crippen molar-refractivity contribution >= 4 is 23.0 Å². The molecule has 0 spiro atoms. The maximum absolute atomic E-state index is 10.4. The summed E-state index contributed by atoms with van der Waals surface area (Å²) >= 11 is 0. The Hall–Kier alpha value is -1.90. The first-order valence-corrected chi connectivity index (χ1v) is 4.38. The van der Waals surface area contributed by atoms with Gasteiger partial charge in [0, 0.05) is 16.8 Å². The number of amides is 1. The fourth-order valence-corrected chi connectivity index (χ4v) is 1.45. The Morgan fingerprint density at radius 2 is 2.14 bits per heavy atom. The average Bonchev–Trinajstić information content (AvgIpc) is 2.18. The van der Waals surface area contributed by atoms with E-state index in [1.807, 2.05) is 37.3 Å². The lowest BCUT2D eigenvalue weighted by atomic mass is 10.1. The Morgan fingerprint density at radius 1 is 1.29 bits per heavy atom. The third-order valence-corrected chi connectivity index (χ3v) is 2.09. The third kappa shape index (κ3) is 1.44. The molecule has 0 fully saturated rings. The van der Waals surface area contributed by atoms with Crippen molar-refractivity contribution < 1.29 is 4.79 Å². The number of anilines is 1. The Labute approximate surface area is 81.8 Å². The summed E-state index contributed by atoms with van der Waals surface area (Å²) in [6.07, 6.45) is 0.675. The number of benzene rings is 1. The molecule has 2 aromatic rings. The van der Waals surface area contributed by atoms with Crippen LogP contribution in [0.15, 0.2) is 30.3 Å². The molecule has 0 aliphatic heterocycles. The van der Waals surface area contributed by atoms with Gasteiger partial charge >= 0.3 is 0 Å². The highest BCUT2D eigenvalue weighted by Crippen LogP contribution is 2.21. The van der Waals surface area contributed by atoms with Gasteiger partial charge in [0.15, 0.2) is 0 Å². The van der Waals surface area contributed by atoms with Crippen LogP contribution < -0.4 is 5.32 Å². The smallest absolute Gasteiger partial charge is 0.211 e. The van der Waals surface area contributed by atoms with Gasteiger partial charge in [0.25, 0.3) is 0 Å². The lowest BCUT2D eigenvalue weighted by Gasteiger charge is -2.04. The van der Waals surface area contributed by atoms with Gasteiger partial charge in [-0.25, -0.2) is 0 Å². The van der Waals surface area contributed by atoms with Gasteiger partial charge in [-0.2, -0.15) is 0 Å². The lowest BCUT2D eigenvalue weighted by Crippen LogP contribution is -1.95. The van der Waals surface area contributed by atoms with Crippen molar-refractivity contribution in [3.63, 3.8) is 0 Å². The average molecular weight is 186 g/mol. The number of nitrogens with zero attached hydrogens (tertiary/aromatic N) is 1. The molecule has 1 aromatic carbocycles. The zero-order chi connectivity index (χ0) is 9.97. The first kappa shape index (κ1) is 8.69. The molecule has 70 valence electrons. The summed E-state index contributed by atoms with van der Waals surface area (Å²) in [4.78, 5) is 14.7. The van der Waals surface area contributed by atoms with Gasteiger partial charge in [-0.15, -0.1) is 0 Å². The number of nitrogens with one attached hydrogen (secondary N) is 1. The van der Waals surface area contributed by atoms with Gasteiger partial charge in [0.1, 0.15) is 0 Å². The topological polar surface area (TPSA) is 42.0 Å². The summed E-state index contributed by atoms with van der Waals surface area (Å²) in [6, 6.07) is 9.55. The van der Waals surface area contributed by atoms with E-state index in [9.17, 15) is 4.79 Å². The Balaban J connectivity index is 2.68. The van der Waals surface area contributed by atoms with E-state index in [-0.39, 0.29) is 0 Å². The van der Waals surface area contributed by atoms with Crippen molar-refractivity contribution in [3.8, 4) is 0 Å². The molecule has 0 atom stereocenters. The van der Waals surface area contributed by atoms with E-state index < -0.39 is 0 Å². The molecule has 1 amide bonds. The summed E-state index contributed by atoms with van der Waals surface area (Å²) in [5, 5.41) is 3.61. The van der Waals surface area contributed by atoms with Gasteiger partial charge in [0.05, 0.1) is 5.52 Å². The van der Waals surface area contributed by atoms with E-state index in [0.29, 0.717) is 6.41 Å². The number of aryl methyl sites for hydroxylation is 1. The van der Waals surface area contributed by atoms with Crippen LogP contribution in [0.5, 0.6) is 0 Å². The minimum atomic E-state index is 0.675. The van der Waals surface area contributed by atoms with Crippen LogP contribution in [0, 0.1) is 6.92 Å². The molecule has 0 saturated heterocycles. The van der Waals surface area contributed by atoms with Crippen LogP contribution in [0.4, 0.5) is 5.69 Å². The summed E-state index contributed by atoms with van der Waals surface area (Å²) in [6.45, 7) is 1.94. The van der Waals surface area contributed by atoms with Crippen molar-refractivity contribution in [2.24, 2.45) is 0 Å². The van der Waals surface area contributed by atoms with E-state index >= 15 is 0 Å². The van der Waals surface area contributed by atoms with Gasteiger partial charge in [-0.05, 0) is 31.2 Å². The number of fused-ring (bicyclic) bond motifs is 1. The number of carbonyl (C=O) groups excluding carboxylic acids is 1. The normalized spacial score (nSPS) is 10.1. The molecule has 3 heteroatoms. The molecular weight excluding hydrogens is 176 g/mol. The highest BCUT2D eigenvalue weighted by atomic mass is 16.1. The number of hydrogen-bond acceptors (Lipinski definition) is 2. The molecule has 0 aliphatic rings. The minimum Gasteiger partial charge on any atom is -0.328 e. The number of hydrogen-bond donors (Lipinski definition) is 1. The van der Waals surface area contributed by atoms with Crippen LogP contribution in [-0.4, -0.2) is 11.4 Å². The maximum Gasteiger partial charge on any atom is 0.211 e. The Morgan fingerprint density at radius 3 is 2.93 bits per heavy atom. The molecule has 0 saturated carbocycles. The van der Waals surface area contributed by atoms with Crippen molar-refractivity contribution in [2.75, 3.05) is 5.32 Å². The van der Waals surface area contributed by atoms with Crippen LogP contribution in [-0.2, 0) is 4.79 Å². The van der Waals surface area contributed by atoms with Gasteiger partial charge in [-0.1, -0.05) is 6.07 Å². The van der Waals surface area contributed by atoms with Crippen molar-refractivity contribution in [1.29, 1.82) is 0 Å². The first-order valence-electron chi connectivity index (χ1n) is 4.38. The molecule has 14 heavy (non-hydrogen) atoms. The zero-order valence-corrected chi connectivity index (χ0v) is 7.82. The fraction of sp³-hybridized carbons (Fsp3) is 0.0909. The molecule has 2 rings (SSSR count). The monoisotopic (exact) mass is 186 g/mol. The molecule has 1 aromatic heterocycles. The van der Waals surface area contributed by atoms with E-state index in [0.717, 1.165) is 22.3 Å². The summed E-state index contributed by atoms with van der Waals surface area (Å²) in [7, 11) is 0. The summed E-state index contributed by atoms with van der Waals surface area (Å²) in [5.41, 5.74) is 2.67. The SMILES string of the molecule is Cc1ccc2c(NC=O)cccc2n1. The molecule has 1 heterocycles. The fourth-order valence-electron chi connectivity index (χ4n) is 1.45. The molecule has 0 unspecified atom stereocenters.